The first-order chi connectivity index (χ1) is 8.30. The molecule has 1 rings (SSSR count). The van der Waals surface area contributed by atoms with Crippen LogP contribution in [0, 0.1) is 0 Å². The summed E-state index contributed by atoms with van der Waals surface area (Å²) in [6.45, 7) is 1.66. The van der Waals surface area contributed by atoms with Crippen molar-refractivity contribution in [2.45, 2.75) is 0 Å². The molecule has 0 N–H and O–H groups in total. The Morgan fingerprint density at radius 3 is 2.00 bits per heavy atom. The molecule has 0 unspecified atom stereocenters. The van der Waals surface area contributed by atoms with Crippen molar-refractivity contribution in [1.82, 2.24) is 0 Å². The smallest absolute Gasteiger partial charge is 0.126 e. The Labute approximate surface area is 107 Å². The highest BCUT2D eigenvalue weighted by molar-refractivity contribution is 7.80. The van der Waals surface area contributed by atoms with Crippen LogP contribution in [0.4, 0.5) is 0 Å². The van der Waals surface area contributed by atoms with Gasteiger partial charge in [0.1, 0.15) is 23.9 Å². The van der Waals surface area contributed by atoms with E-state index in [-0.39, 0.29) is 0 Å². The maximum Gasteiger partial charge on any atom is 0.126 e. The Morgan fingerprint density at radius 1 is 0.882 bits per heavy atom. The average molecular weight is 258 g/mol. The molecular weight excluding hydrogens is 240 g/mol. The molecule has 17 heavy (non-hydrogen) atoms. The van der Waals surface area contributed by atoms with Crippen LogP contribution in [0.3, 0.4) is 0 Å². The molecule has 0 atom stereocenters. The number of methoxy groups -OCH3 is 2. The minimum absolute atomic E-state index is 0.490. The van der Waals surface area contributed by atoms with Crippen LogP contribution in [0.15, 0.2) is 18.2 Å². The molecule has 4 nitrogen and oxygen atoms in total. The predicted octanol–water partition coefficient (Wildman–Crippen LogP) is 2.03. The molecule has 0 fully saturated rings. The third-order valence-electron chi connectivity index (χ3n) is 2.06. The molecule has 0 aliphatic heterocycles. The fraction of sp³-hybridized carbons (Fsp3) is 0.500. The summed E-state index contributed by atoms with van der Waals surface area (Å²) >= 11 is 4.05. The zero-order valence-corrected chi connectivity index (χ0v) is 11.0. The van der Waals surface area contributed by atoms with Crippen molar-refractivity contribution < 1.29 is 18.9 Å². The Hall–Kier alpha value is -1.07. The van der Waals surface area contributed by atoms with Gasteiger partial charge in [0.2, 0.25) is 0 Å². The van der Waals surface area contributed by atoms with Crippen LogP contribution in [0.5, 0.6) is 17.2 Å². The van der Waals surface area contributed by atoms with Crippen LogP contribution in [-0.4, -0.2) is 39.8 Å². The maximum atomic E-state index is 5.53. The molecule has 0 spiro atoms. The van der Waals surface area contributed by atoms with Gasteiger partial charge >= 0.3 is 0 Å². The second kappa shape index (κ2) is 8.08. The summed E-state index contributed by atoms with van der Waals surface area (Å²) in [5.41, 5.74) is 0. The van der Waals surface area contributed by atoms with E-state index in [2.05, 4.69) is 12.6 Å². The fourth-order valence-electron chi connectivity index (χ4n) is 1.25. The predicted molar refractivity (Wildman–Crippen MR) is 69.7 cm³/mol. The molecule has 96 valence electrons. The van der Waals surface area contributed by atoms with E-state index in [4.69, 9.17) is 18.9 Å². The Kier molecular flexibility index (Phi) is 6.65. The van der Waals surface area contributed by atoms with Crippen LogP contribution in [-0.2, 0) is 4.74 Å². The van der Waals surface area contributed by atoms with Crippen molar-refractivity contribution in [2.75, 3.05) is 39.8 Å². The molecule has 0 aromatic heterocycles. The van der Waals surface area contributed by atoms with E-state index in [1.165, 1.54) is 0 Å². The Morgan fingerprint density at radius 2 is 1.47 bits per heavy atom. The third kappa shape index (κ3) is 5.19. The lowest BCUT2D eigenvalue weighted by Gasteiger charge is -2.10. The largest absolute Gasteiger partial charge is 0.496 e. The summed E-state index contributed by atoms with van der Waals surface area (Å²) in [4.78, 5) is 0. The van der Waals surface area contributed by atoms with Gasteiger partial charge in [0, 0.05) is 24.0 Å². The lowest BCUT2D eigenvalue weighted by Crippen LogP contribution is -2.08. The first-order valence-corrected chi connectivity index (χ1v) is 5.98. The minimum Gasteiger partial charge on any atom is -0.496 e. The van der Waals surface area contributed by atoms with Crippen LogP contribution in [0.1, 0.15) is 0 Å². The molecule has 0 radical (unpaired) electrons. The summed E-state index contributed by atoms with van der Waals surface area (Å²) in [7, 11) is 3.21. The average Bonchev–Trinajstić information content (AvgIpc) is 2.38. The van der Waals surface area contributed by atoms with Gasteiger partial charge in [0.05, 0.1) is 27.4 Å². The quantitative estimate of drug-likeness (QED) is 0.572. The molecule has 0 amide bonds. The fourth-order valence-corrected chi connectivity index (χ4v) is 1.38. The van der Waals surface area contributed by atoms with E-state index in [0.29, 0.717) is 42.8 Å². The van der Waals surface area contributed by atoms with Gasteiger partial charge in [0.15, 0.2) is 0 Å². The van der Waals surface area contributed by atoms with E-state index in [1.807, 2.05) is 0 Å². The molecule has 0 heterocycles. The van der Waals surface area contributed by atoms with E-state index >= 15 is 0 Å². The van der Waals surface area contributed by atoms with E-state index in [1.54, 1.807) is 32.4 Å². The van der Waals surface area contributed by atoms with Gasteiger partial charge in [-0.2, -0.15) is 12.6 Å². The van der Waals surface area contributed by atoms with Crippen molar-refractivity contribution >= 4 is 12.6 Å². The van der Waals surface area contributed by atoms with E-state index in [0.717, 1.165) is 0 Å². The number of hydrogen-bond donors (Lipinski definition) is 1. The standard InChI is InChI=1S/C12H18O4S/c1-13-10-7-11(14-2)9-12(8-10)16-4-3-15-5-6-17/h7-9,17H,3-6H2,1-2H3. The van der Waals surface area contributed by atoms with Crippen LogP contribution in [0.2, 0.25) is 0 Å². The molecule has 0 aliphatic rings. The van der Waals surface area contributed by atoms with Crippen LogP contribution in [0.25, 0.3) is 0 Å². The SMILES string of the molecule is COc1cc(OC)cc(OCCOCCS)c1. The van der Waals surface area contributed by atoms with Gasteiger partial charge in [-0.1, -0.05) is 0 Å². The Balaban J connectivity index is 2.46. The first kappa shape index (κ1) is 14.0. The third-order valence-corrected chi connectivity index (χ3v) is 2.24. The van der Waals surface area contributed by atoms with Crippen molar-refractivity contribution in [3.63, 3.8) is 0 Å². The van der Waals surface area contributed by atoms with Crippen molar-refractivity contribution in [2.24, 2.45) is 0 Å². The molecule has 0 saturated carbocycles. The highest BCUT2D eigenvalue weighted by Gasteiger charge is 2.02. The van der Waals surface area contributed by atoms with Crippen molar-refractivity contribution in [3.05, 3.63) is 18.2 Å². The lowest BCUT2D eigenvalue weighted by molar-refractivity contribution is 0.112. The summed E-state index contributed by atoms with van der Waals surface area (Å²) in [6, 6.07) is 5.41. The van der Waals surface area contributed by atoms with Crippen molar-refractivity contribution in [1.29, 1.82) is 0 Å². The Bertz CT molecular complexity index is 308. The maximum absolute atomic E-state index is 5.53. The number of rotatable bonds is 8. The molecule has 1 aromatic rings. The van der Waals surface area contributed by atoms with Crippen molar-refractivity contribution in [3.8, 4) is 17.2 Å². The van der Waals surface area contributed by atoms with E-state index in [9.17, 15) is 0 Å². The molecule has 1 aromatic carbocycles. The number of thiol groups is 1. The normalized spacial score (nSPS) is 10.1. The zero-order chi connectivity index (χ0) is 12.5. The zero-order valence-electron chi connectivity index (χ0n) is 10.1. The van der Waals surface area contributed by atoms with Crippen LogP contribution < -0.4 is 14.2 Å². The molecular formula is C12H18O4S. The monoisotopic (exact) mass is 258 g/mol. The highest BCUT2D eigenvalue weighted by Crippen LogP contribution is 2.27. The van der Waals surface area contributed by atoms with Crippen LogP contribution >= 0.6 is 12.6 Å². The summed E-state index contributed by atoms with van der Waals surface area (Å²) < 4.78 is 21.1. The first-order valence-electron chi connectivity index (χ1n) is 5.34. The van der Waals surface area contributed by atoms with Gasteiger partial charge in [-0.15, -0.1) is 0 Å². The summed E-state index contributed by atoms with van der Waals surface area (Å²) in [6.07, 6.45) is 0. The number of benzene rings is 1. The van der Waals surface area contributed by atoms with Gasteiger partial charge in [-0.05, 0) is 0 Å². The van der Waals surface area contributed by atoms with Gasteiger partial charge in [-0.25, -0.2) is 0 Å². The topological polar surface area (TPSA) is 36.9 Å². The van der Waals surface area contributed by atoms with Gasteiger partial charge in [-0.3, -0.25) is 0 Å². The number of ether oxygens (including phenoxy) is 4. The number of hydrogen-bond acceptors (Lipinski definition) is 5. The molecule has 0 saturated heterocycles. The highest BCUT2D eigenvalue weighted by atomic mass is 32.1. The molecule has 0 aliphatic carbocycles. The minimum atomic E-state index is 0.490. The molecule has 0 bridgehead atoms. The summed E-state index contributed by atoms with van der Waals surface area (Å²) in [5.74, 6) is 2.83. The second-order valence-electron chi connectivity index (χ2n) is 3.23. The van der Waals surface area contributed by atoms with Gasteiger partial charge in [0.25, 0.3) is 0 Å². The van der Waals surface area contributed by atoms with E-state index < -0.39 is 0 Å². The molecule has 5 heteroatoms. The summed E-state index contributed by atoms with van der Waals surface area (Å²) in [5, 5.41) is 0. The second-order valence-corrected chi connectivity index (χ2v) is 3.68. The van der Waals surface area contributed by atoms with Gasteiger partial charge < -0.3 is 18.9 Å². The lowest BCUT2D eigenvalue weighted by atomic mass is 10.3.